The molecule has 0 atom stereocenters. The Kier molecular flexibility index (Phi) is 2.62. The van der Waals surface area contributed by atoms with E-state index in [1.165, 1.54) is 12.8 Å². The normalized spacial score (nSPS) is 15.0. The van der Waals surface area contributed by atoms with Gasteiger partial charge in [0.25, 0.3) is 0 Å². The SMILES string of the molecule is Cc1cc(N)ccc1C(=O)OCC1CC1. The third-order valence-corrected chi connectivity index (χ3v) is 2.62. The lowest BCUT2D eigenvalue weighted by atomic mass is 10.1. The van der Waals surface area contributed by atoms with Crippen LogP contribution in [0.4, 0.5) is 5.69 Å². The van der Waals surface area contributed by atoms with Crippen molar-refractivity contribution in [3.8, 4) is 0 Å². The van der Waals surface area contributed by atoms with E-state index < -0.39 is 0 Å². The minimum atomic E-state index is -0.237. The van der Waals surface area contributed by atoms with Crippen LogP contribution in [0.15, 0.2) is 18.2 Å². The molecule has 0 spiro atoms. The van der Waals surface area contributed by atoms with Crippen LogP contribution >= 0.6 is 0 Å². The molecule has 0 heterocycles. The van der Waals surface area contributed by atoms with E-state index in [1.54, 1.807) is 18.2 Å². The van der Waals surface area contributed by atoms with Gasteiger partial charge in [0.05, 0.1) is 12.2 Å². The number of carbonyl (C=O) groups excluding carboxylic acids is 1. The molecule has 3 nitrogen and oxygen atoms in total. The first-order valence-corrected chi connectivity index (χ1v) is 5.20. The number of nitrogen functional groups attached to an aromatic ring is 1. The van der Waals surface area contributed by atoms with E-state index in [4.69, 9.17) is 10.5 Å². The average molecular weight is 205 g/mol. The van der Waals surface area contributed by atoms with Crippen LogP contribution in [0, 0.1) is 12.8 Å². The number of hydrogen-bond donors (Lipinski definition) is 1. The highest BCUT2D eigenvalue weighted by Gasteiger charge is 2.23. The molecule has 2 N–H and O–H groups in total. The summed E-state index contributed by atoms with van der Waals surface area (Å²) in [5.41, 5.74) is 7.77. The molecule has 1 aliphatic rings. The van der Waals surface area contributed by atoms with Gasteiger partial charge >= 0.3 is 5.97 Å². The summed E-state index contributed by atoms with van der Waals surface area (Å²) in [5, 5.41) is 0. The quantitative estimate of drug-likeness (QED) is 0.607. The monoisotopic (exact) mass is 205 g/mol. The summed E-state index contributed by atoms with van der Waals surface area (Å²) < 4.78 is 5.19. The number of benzene rings is 1. The van der Waals surface area contributed by atoms with E-state index >= 15 is 0 Å². The first-order chi connectivity index (χ1) is 7.16. The van der Waals surface area contributed by atoms with Gasteiger partial charge in [-0.25, -0.2) is 4.79 Å². The van der Waals surface area contributed by atoms with Crippen LogP contribution in [-0.4, -0.2) is 12.6 Å². The van der Waals surface area contributed by atoms with Gasteiger partial charge in [0, 0.05) is 5.69 Å². The minimum Gasteiger partial charge on any atom is -0.462 e. The van der Waals surface area contributed by atoms with Crippen molar-refractivity contribution in [3.63, 3.8) is 0 Å². The van der Waals surface area contributed by atoms with Gasteiger partial charge in [-0.15, -0.1) is 0 Å². The molecule has 0 bridgehead atoms. The fourth-order valence-electron chi connectivity index (χ4n) is 1.47. The molecule has 80 valence electrons. The second-order valence-corrected chi connectivity index (χ2v) is 4.12. The number of anilines is 1. The second kappa shape index (κ2) is 3.93. The van der Waals surface area contributed by atoms with Crippen molar-refractivity contribution in [1.82, 2.24) is 0 Å². The summed E-state index contributed by atoms with van der Waals surface area (Å²) in [5.74, 6) is 0.363. The van der Waals surface area contributed by atoms with Crippen LogP contribution in [0.5, 0.6) is 0 Å². The second-order valence-electron chi connectivity index (χ2n) is 4.12. The fraction of sp³-hybridized carbons (Fsp3) is 0.417. The Bertz CT molecular complexity index is 383. The molecule has 0 unspecified atom stereocenters. The summed E-state index contributed by atoms with van der Waals surface area (Å²) in [6, 6.07) is 5.23. The highest BCUT2D eigenvalue weighted by molar-refractivity contribution is 5.91. The Morgan fingerprint density at radius 1 is 1.53 bits per heavy atom. The molecule has 15 heavy (non-hydrogen) atoms. The first-order valence-electron chi connectivity index (χ1n) is 5.20. The molecule has 0 aliphatic heterocycles. The summed E-state index contributed by atoms with van der Waals surface area (Å²) in [7, 11) is 0. The highest BCUT2D eigenvalue weighted by Crippen LogP contribution is 2.29. The van der Waals surface area contributed by atoms with Crippen LogP contribution in [-0.2, 0) is 4.74 Å². The maximum atomic E-state index is 11.6. The Morgan fingerprint density at radius 2 is 2.27 bits per heavy atom. The molecular weight excluding hydrogens is 190 g/mol. The lowest BCUT2D eigenvalue weighted by molar-refractivity contribution is 0.0485. The zero-order valence-corrected chi connectivity index (χ0v) is 8.82. The lowest BCUT2D eigenvalue weighted by Gasteiger charge is -2.06. The Morgan fingerprint density at radius 3 is 2.87 bits per heavy atom. The Hall–Kier alpha value is -1.51. The number of nitrogens with two attached hydrogens (primary N) is 1. The lowest BCUT2D eigenvalue weighted by Crippen LogP contribution is -2.09. The molecule has 0 saturated heterocycles. The van der Waals surface area contributed by atoms with E-state index in [9.17, 15) is 4.79 Å². The predicted octanol–water partition coefficient (Wildman–Crippen LogP) is 2.14. The van der Waals surface area contributed by atoms with Crippen molar-refractivity contribution in [2.24, 2.45) is 5.92 Å². The maximum absolute atomic E-state index is 11.6. The van der Waals surface area contributed by atoms with E-state index in [1.807, 2.05) is 6.92 Å². The number of ether oxygens (including phenoxy) is 1. The molecule has 0 radical (unpaired) electrons. The molecule has 0 aromatic heterocycles. The van der Waals surface area contributed by atoms with Crippen molar-refractivity contribution in [2.45, 2.75) is 19.8 Å². The van der Waals surface area contributed by atoms with E-state index in [0.717, 1.165) is 5.56 Å². The molecule has 1 aromatic carbocycles. The zero-order chi connectivity index (χ0) is 10.8. The largest absolute Gasteiger partial charge is 0.462 e. The molecule has 2 rings (SSSR count). The average Bonchev–Trinajstić information content (AvgIpc) is 2.97. The third kappa shape index (κ3) is 2.49. The van der Waals surface area contributed by atoms with Gasteiger partial charge in [-0.1, -0.05) is 0 Å². The van der Waals surface area contributed by atoms with Gasteiger partial charge in [-0.3, -0.25) is 0 Å². The standard InChI is InChI=1S/C12H15NO2/c1-8-6-10(13)4-5-11(8)12(14)15-7-9-2-3-9/h4-6,9H,2-3,7,13H2,1H3. The minimum absolute atomic E-state index is 0.237. The van der Waals surface area contributed by atoms with E-state index in [0.29, 0.717) is 23.8 Å². The van der Waals surface area contributed by atoms with Crippen LogP contribution < -0.4 is 5.73 Å². The Labute approximate surface area is 89.2 Å². The number of rotatable bonds is 3. The highest BCUT2D eigenvalue weighted by atomic mass is 16.5. The number of hydrogen-bond acceptors (Lipinski definition) is 3. The predicted molar refractivity (Wildman–Crippen MR) is 58.6 cm³/mol. The van der Waals surface area contributed by atoms with Crippen molar-refractivity contribution in [2.75, 3.05) is 12.3 Å². The van der Waals surface area contributed by atoms with Crippen LogP contribution in [0.2, 0.25) is 0 Å². The fourth-order valence-corrected chi connectivity index (χ4v) is 1.47. The first kappa shape index (κ1) is 10.0. The molecule has 1 aromatic rings. The van der Waals surface area contributed by atoms with Gasteiger partial charge < -0.3 is 10.5 Å². The summed E-state index contributed by atoms with van der Waals surface area (Å²) in [4.78, 5) is 11.6. The smallest absolute Gasteiger partial charge is 0.338 e. The van der Waals surface area contributed by atoms with Crippen LogP contribution in [0.3, 0.4) is 0 Å². The molecule has 3 heteroatoms. The number of aryl methyl sites for hydroxylation is 1. The van der Waals surface area contributed by atoms with E-state index in [2.05, 4.69) is 0 Å². The molecule has 1 aliphatic carbocycles. The molecule has 0 amide bonds. The van der Waals surface area contributed by atoms with Crippen molar-refractivity contribution < 1.29 is 9.53 Å². The van der Waals surface area contributed by atoms with Gasteiger partial charge in [0.1, 0.15) is 0 Å². The van der Waals surface area contributed by atoms with Gasteiger partial charge in [-0.2, -0.15) is 0 Å². The van der Waals surface area contributed by atoms with Crippen molar-refractivity contribution in [1.29, 1.82) is 0 Å². The third-order valence-electron chi connectivity index (χ3n) is 2.62. The topological polar surface area (TPSA) is 52.3 Å². The molecular formula is C12H15NO2. The van der Waals surface area contributed by atoms with E-state index in [-0.39, 0.29) is 5.97 Å². The molecule has 1 fully saturated rings. The van der Waals surface area contributed by atoms with Crippen molar-refractivity contribution in [3.05, 3.63) is 29.3 Å². The summed E-state index contributed by atoms with van der Waals surface area (Å²) >= 11 is 0. The number of carbonyl (C=O) groups is 1. The van der Waals surface area contributed by atoms with Crippen LogP contribution in [0.25, 0.3) is 0 Å². The molecule has 1 saturated carbocycles. The van der Waals surface area contributed by atoms with Gasteiger partial charge in [0.2, 0.25) is 0 Å². The Balaban J connectivity index is 2.03. The van der Waals surface area contributed by atoms with Crippen LogP contribution in [0.1, 0.15) is 28.8 Å². The summed E-state index contributed by atoms with van der Waals surface area (Å²) in [6.45, 7) is 2.42. The van der Waals surface area contributed by atoms with Gasteiger partial charge in [0.15, 0.2) is 0 Å². The van der Waals surface area contributed by atoms with Gasteiger partial charge in [-0.05, 0) is 49.4 Å². The zero-order valence-electron chi connectivity index (χ0n) is 8.82. The number of esters is 1. The summed E-state index contributed by atoms with van der Waals surface area (Å²) in [6.07, 6.45) is 2.38. The maximum Gasteiger partial charge on any atom is 0.338 e. The van der Waals surface area contributed by atoms with Crippen molar-refractivity contribution >= 4 is 11.7 Å².